The predicted molar refractivity (Wildman–Crippen MR) is 72.1 cm³/mol. The molecule has 2 unspecified atom stereocenters. The van der Waals surface area contributed by atoms with Crippen molar-refractivity contribution in [3.05, 3.63) is 34.9 Å². The molecule has 0 aromatic heterocycles. The summed E-state index contributed by atoms with van der Waals surface area (Å²) in [5, 5.41) is 3.03. The van der Waals surface area contributed by atoms with Crippen LogP contribution in [0.25, 0.3) is 0 Å². The first-order valence-corrected chi connectivity index (χ1v) is 6.23. The SMILES string of the molecule is Cc1c(C#CCN)cccc1C(=O)NC1CC1C. The van der Waals surface area contributed by atoms with Crippen LogP contribution in [0.2, 0.25) is 0 Å². The van der Waals surface area contributed by atoms with Crippen LogP contribution in [0.4, 0.5) is 0 Å². The summed E-state index contributed by atoms with van der Waals surface area (Å²) in [7, 11) is 0. The van der Waals surface area contributed by atoms with E-state index < -0.39 is 0 Å². The molecule has 0 heterocycles. The molecule has 0 spiro atoms. The van der Waals surface area contributed by atoms with Crippen LogP contribution in [-0.4, -0.2) is 18.5 Å². The standard InChI is InChI=1S/C15H18N2O/c1-10-9-14(10)17-15(18)13-7-3-5-12(11(13)2)6-4-8-16/h3,5,7,10,14H,8-9,16H2,1-2H3,(H,17,18). The molecule has 1 saturated carbocycles. The van der Waals surface area contributed by atoms with Gasteiger partial charge in [0, 0.05) is 17.2 Å². The number of hydrogen-bond donors (Lipinski definition) is 2. The zero-order valence-corrected chi connectivity index (χ0v) is 10.8. The van der Waals surface area contributed by atoms with E-state index in [1.54, 1.807) is 0 Å². The Morgan fingerprint density at radius 3 is 2.89 bits per heavy atom. The lowest BCUT2D eigenvalue weighted by Gasteiger charge is -2.08. The third-order valence-corrected chi connectivity index (χ3v) is 3.33. The normalized spacial score (nSPS) is 20.8. The van der Waals surface area contributed by atoms with Gasteiger partial charge in [-0.05, 0) is 37.0 Å². The summed E-state index contributed by atoms with van der Waals surface area (Å²) >= 11 is 0. The van der Waals surface area contributed by atoms with Crippen LogP contribution in [-0.2, 0) is 0 Å². The van der Waals surface area contributed by atoms with Crippen molar-refractivity contribution in [2.45, 2.75) is 26.3 Å². The molecule has 3 nitrogen and oxygen atoms in total. The van der Waals surface area contributed by atoms with Crippen molar-refractivity contribution >= 4 is 5.91 Å². The average Bonchev–Trinajstić information content (AvgIpc) is 3.03. The Bertz CT molecular complexity index is 525. The molecule has 0 saturated heterocycles. The van der Waals surface area contributed by atoms with E-state index in [2.05, 4.69) is 24.1 Å². The smallest absolute Gasteiger partial charge is 0.251 e. The van der Waals surface area contributed by atoms with Crippen molar-refractivity contribution in [3.8, 4) is 11.8 Å². The van der Waals surface area contributed by atoms with E-state index in [-0.39, 0.29) is 5.91 Å². The zero-order valence-electron chi connectivity index (χ0n) is 10.8. The van der Waals surface area contributed by atoms with Gasteiger partial charge in [-0.15, -0.1) is 0 Å². The topological polar surface area (TPSA) is 55.1 Å². The maximum atomic E-state index is 12.1. The minimum absolute atomic E-state index is 0.00162. The molecule has 1 aliphatic carbocycles. The molecule has 0 bridgehead atoms. The first-order valence-electron chi connectivity index (χ1n) is 6.23. The van der Waals surface area contributed by atoms with Gasteiger partial charge in [0.25, 0.3) is 5.91 Å². The second kappa shape index (κ2) is 5.24. The van der Waals surface area contributed by atoms with Crippen molar-refractivity contribution in [1.82, 2.24) is 5.32 Å². The molecule has 1 aromatic rings. The third-order valence-electron chi connectivity index (χ3n) is 3.33. The van der Waals surface area contributed by atoms with Gasteiger partial charge in [-0.1, -0.05) is 24.8 Å². The molecule has 2 atom stereocenters. The van der Waals surface area contributed by atoms with Crippen LogP contribution in [0.3, 0.4) is 0 Å². The van der Waals surface area contributed by atoms with Crippen LogP contribution >= 0.6 is 0 Å². The summed E-state index contributed by atoms with van der Waals surface area (Å²) in [6, 6.07) is 5.95. The molecule has 3 heteroatoms. The van der Waals surface area contributed by atoms with Crippen molar-refractivity contribution in [3.63, 3.8) is 0 Å². The van der Waals surface area contributed by atoms with Gasteiger partial charge in [0.1, 0.15) is 0 Å². The Kier molecular flexibility index (Phi) is 3.69. The van der Waals surface area contributed by atoms with E-state index in [1.165, 1.54) is 0 Å². The number of carbonyl (C=O) groups is 1. The molecule has 1 fully saturated rings. The van der Waals surface area contributed by atoms with Gasteiger partial charge >= 0.3 is 0 Å². The molecule has 1 amide bonds. The van der Waals surface area contributed by atoms with Gasteiger partial charge in [0.15, 0.2) is 0 Å². The molecule has 2 rings (SSSR count). The van der Waals surface area contributed by atoms with Crippen LogP contribution in [0.1, 0.15) is 34.8 Å². The third kappa shape index (κ3) is 2.72. The zero-order chi connectivity index (χ0) is 13.1. The Morgan fingerprint density at radius 1 is 1.56 bits per heavy atom. The van der Waals surface area contributed by atoms with Gasteiger partial charge in [-0.3, -0.25) is 4.79 Å². The number of rotatable bonds is 2. The Morgan fingerprint density at radius 2 is 2.28 bits per heavy atom. The predicted octanol–water partition coefficient (Wildman–Crippen LogP) is 1.44. The van der Waals surface area contributed by atoms with Crippen LogP contribution < -0.4 is 11.1 Å². The quantitative estimate of drug-likeness (QED) is 0.771. The lowest BCUT2D eigenvalue weighted by Crippen LogP contribution is -2.27. The van der Waals surface area contributed by atoms with Crippen LogP contribution in [0, 0.1) is 24.7 Å². The lowest BCUT2D eigenvalue weighted by molar-refractivity contribution is 0.0948. The Labute approximate surface area is 108 Å². The summed E-state index contributed by atoms with van der Waals surface area (Å²) in [4.78, 5) is 12.1. The van der Waals surface area contributed by atoms with E-state index in [0.717, 1.165) is 17.5 Å². The van der Waals surface area contributed by atoms with Crippen molar-refractivity contribution < 1.29 is 4.79 Å². The van der Waals surface area contributed by atoms with Crippen LogP contribution in [0.15, 0.2) is 18.2 Å². The minimum atomic E-state index is -0.00162. The maximum Gasteiger partial charge on any atom is 0.251 e. The number of nitrogens with two attached hydrogens (primary N) is 1. The summed E-state index contributed by atoms with van der Waals surface area (Å²) in [6.45, 7) is 4.39. The summed E-state index contributed by atoms with van der Waals surface area (Å²) in [5.74, 6) is 6.41. The fraction of sp³-hybridized carbons (Fsp3) is 0.400. The van der Waals surface area contributed by atoms with Gasteiger partial charge in [-0.25, -0.2) is 0 Å². The number of hydrogen-bond acceptors (Lipinski definition) is 2. The molecule has 1 aromatic carbocycles. The summed E-state index contributed by atoms with van der Waals surface area (Å²) < 4.78 is 0. The molecule has 1 aliphatic rings. The van der Waals surface area contributed by atoms with Gasteiger partial charge < -0.3 is 11.1 Å². The fourth-order valence-corrected chi connectivity index (χ4v) is 1.93. The van der Waals surface area contributed by atoms with Crippen molar-refractivity contribution in [1.29, 1.82) is 0 Å². The highest BCUT2D eigenvalue weighted by atomic mass is 16.1. The van der Waals surface area contributed by atoms with Crippen molar-refractivity contribution in [2.24, 2.45) is 11.7 Å². The molecular weight excluding hydrogens is 224 g/mol. The number of amides is 1. The minimum Gasteiger partial charge on any atom is -0.349 e. The molecule has 18 heavy (non-hydrogen) atoms. The molecule has 0 radical (unpaired) electrons. The van der Waals surface area contributed by atoms with E-state index >= 15 is 0 Å². The van der Waals surface area contributed by atoms with E-state index in [0.29, 0.717) is 24.1 Å². The van der Waals surface area contributed by atoms with Gasteiger partial charge in [0.2, 0.25) is 0 Å². The highest BCUT2D eigenvalue weighted by Gasteiger charge is 2.34. The van der Waals surface area contributed by atoms with Crippen molar-refractivity contribution in [2.75, 3.05) is 6.54 Å². The maximum absolute atomic E-state index is 12.1. The number of carbonyl (C=O) groups excluding carboxylic acids is 1. The molecule has 3 N–H and O–H groups in total. The Hall–Kier alpha value is -1.79. The lowest BCUT2D eigenvalue weighted by atomic mass is 10.0. The monoisotopic (exact) mass is 242 g/mol. The molecular formula is C15H18N2O. The Balaban J connectivity index is 2.19. The average molecular weight is 242 g/mol. The van der Waals surface area contributed by atoms with E-state index in [9.17, 15) is 4.79 Å². The summed E-state index contributed by atoms with van der Waals surface area (Å²) in [6.07, 6.45) is 1.08. The summed E-state index contributed by atoms with van der Waals surface area (Å²) in [5.41, 5.74) is 7.86. The molecule has 94 valence electrons. The highest BCUT2D eigenvalue weighted by Crippen LogP contribution is 2.29. The number of nitrogens with one attached hydrogen (secondary N) is 1. The number of benzene rings is 1. The first kappa shape index (κ1) is 12.7. The molecule has 0 aliphatic heterocycles. The van der Waals surface area contributed by atoms with E-state index in [4.69, 9.17) is 5.73 Å². The first-order chi connectivity index (χ1) is 8.63. The van der Waals surface area contributed by atoms with E-state index in [1.807, 2.05) is 25.1 Å². The van der Waals surface area contributed by atoms with Gasteiger partial charge in [0.05, 0.1) is 6.54 Å². The van der Waals surface area contributed by atoms with Gasteiger partial charge in [-0.2, -0.15) is 0 Å². The highest BCUT2D eigenvalue weighted by molar-refractivity contribution is 5.96. The second-order valence-corrected chi connectivity index (χ2v) is 4.78. The van der Waals surface area contributed by atoms with Crippen LogP contribution in [0.5, 0.6) is 0 Å². The second-order valence-electron chi connectivity index (χ2n) is 4.78. The fourth-order valence-electron chi connectivity index (χ4n) is 1.93. The largest absolute Gasteiger partial charge is 0.349 e.